The summed E-state index contributed by atoms with van der Waals surface area (Å²) in [6, 6.07) is 14.8. The molecule has 5 heteroatoms. The quantitative estimate of drug-likeness (QED) is 0.668. The summed E-state index contributed by atoms with van der Waals surface area (Å²) >= 11 is 0. The molecular weight excluding hydrogens is 350 g/mol. The van der Waals surface area contributed by atoms with E-state index in [0.29, 0.717) is 23.3 Å². The van der Waals surface area contributed by atoms with E-state index < -0.39 is 0 Å². The van der Waals surface area contributed by atoms with Gasteiger partial charge in [-0.15, -0.1) is 0 Å². The number of nitrogens with zero attached hydrogens (tertiary/aromatic N) is 3. The van der Waals surface area contributed by atoms with E-state index >= 15 is 0 Å². The lowest BCUT2D eigenvalue weighted by Gasteiger charge is -2.31. The highest BCUT2D eigenvalue weighted by molar-refractivity contribution is 5.79. The summed E-state index contributed by atoms with van der Waals surface area (Å²) < 4.78 is 1.65. The maximum atomic E-state index is 13.4. The summed E-state index contributed by atoms with van der Waals surface area (Å²) in [7, 11) is 0. The summed E-state index contributed by atoms with van der Waals surface area (Å²) in [5.41, 5.74) is 2.34. The normalized spacial score (nSPS) is 12.4. The Balaban J connectivity index is 2.30. The maximum absolute atomic E-state index is 13.4. The average molecular weight is 377 g/mol. The third-order valence-corrected chi connectivity index (χ3v) is 5.02. The number of fused-ring (bicyclic) bond motifs is 1. The monoisotopic (exact) mass is 377 g/mol. The van der Waals surface area contributed by atoms with Gasteiger partial charge >= 0.3 is 0 Å². The molecule has 0 N–H and O–H groups in total. The van der Waals surface area contributed by atoms with E-state index in [-0.39, 0.29) is 23.4 Å². The molecule has 5 nitrogen and oxygen atoms in total. The molecule has 0 spiro atoms. The number of aromatic nitrogens is 2. The molecule has 1 unspecified atom stereocenters. The van der Waals surface area contributed by atoms with Crippen molar-refractivity contribution >= 4 is 16.8 Å². The lowest BCUT2D eigenvalue weighted by atomic mass is 10.1. The highest BCUT2D eigenvalue weighted by Crippen LogP contribution is 2.24. The Bertz CT molecular complexity index is 1070. The van der Waals surface area contributed by atoms with Gasteiger partial charge in [-0.2, -0.15) is 0 Å². The molecule has 3 rings (SSSR count). The Labute approximate surface area is 165 Å². The number of hydrogen-bond donors (Lipinski definition) is 0. The maximum Gasteiger partial charge on any atom is 0.266 e. The lowest BCUT2D eigenvalue weighted by Crippen LogP contribution is -2.39. The third kappa shape index (κ3) is 3.57. The van der Waals surface area contributed by atoms with Crippen LogP contribution in [0.2, 0.25) is 0 Å². The molecule has 2 aromatic carbocycles. The van der Waals surface area contributed by atoms with Gasteiger partial charge in [0.1, 0.15) is 5.82 Å². The standard InChI is InChI=1S/C23H27N3O2/c1-6-25(22(27)15(2)3)17(5)21-24-20-13-8-7-12-19(20)23(28)26(21)18-11-9-10-16(4)14-18/h7-15,17H,6H2,1-5H3. The minimum atomic E-state index is -0.335. The van der Waals surface area contributed by atoms with Crippen LogP contribution in [0.3, 0.4) is 0 Å². The van der Waals surface area contributed by atoms with E-state index in [1.807, 2.05) is 77.1 Å². The van der Waals surface area contributed by atoms with E-state index in [9.17, 15) is 9.59 Å². The highest BCUT2D eigenvalue weighted by Gasteiger charge is 2.27. The van der Waals surface area contributed by atoms with Gasteiger partial charge in [-0.25, -0.2) is 4.98 Å². The number of rotatable bonds is 5. The zero-order valence-corrected chi connectivity index (χ0v) is 17.1. The average Bonchev–Trinajstić information content (AvgIpc) is 2.68. The van der Waals surface area contributed by atoms with Gasteiger partial charge in [0.25, 0.3) is 5.56 Å². The molecule has 0 bridgehead atoms. The molecule has 0 radical (unpaired) electrons. The number of aryl methyl sites for hydroxylation is 1. The predicted molar refractivity (Wildman–Crippen MR) is 113 cm³/mol. The van der Waals surface area contributed by atoms with Crippen LogP contribution in [0.15, 0.2) is 53.3 Å². The first-order valence-corrected chi connectivity index (χ1v) is 9.74. The molecule has 0 saturated heterocycles. The number of benzene rings is 2. The molecule has 0 aliphatic carbocycles. The van der Waals surface area contributed by atoms with Crippen LogP contribution in [-0.2, 0) is 4.79 Å². The largest absolute Gasteiger partial charge is 0.333 e. The summed E-state index contributed by atoms with van der Waals surface area (Å²) in [6.45, 7) is 10.2. The first kappa shape index (κ1) is 19.8. The summed E-state index contributed by atoms with van der Waals surface area (Å²) in [4.78, 5) is 32.8. The van der Waals surface area contributed by atoms with Crippen LogP contribution in [0.5, 0.6) is 0 Å². The Morgan fingerprint density at radius 2 is 1.82 bits per heavy atom. The van der Waals surface area contributed by atoms with Crippen molar-refractivity contribution in [2.75, 3.05) is 6.54 Å². The molecule has 28 heavy (non-hydrogen) atoms. The van der Waals surface area contributed by atoms with Crippen molar-refractivity contribution in [2.24, 2.45) is 5.92 Å². The zero-order valence-electron chi connectivity index (χ0n) is 17.1. The first-order chi connectivity index (χ1) is 13.3. The summed E-state index contributed by atoms with van der Waals surface area (Å²) in [5, 5.41) is 0.568. The molecule has 146 valence electrons. The molecule has 1 atom stereocenters. The van der Waals surface area contributed by atoms with E-state index in [0.717, 1.165) is 11.3 Å². The minimum Gasteiger partial charge on any atom is -0.333 e. The van der Waals surface area contributed by atoms with Gasteiger partial charge in [-0.3, -0.25) is 14.2 Å². The molecule has 1 aromatic heterocycles. The Hall–Kier alpha value is -2.95. The van der Waals surface area contributed by atoms with Crippen molar-refractivity contribution < 1.29 is 4.79 Å². The molecule has 0 aliphatic heterocycles. The Kier molecular flexibility index (Phi) is 5.63. The van der Waals surface area contributed by atoms with Crippen LogP contribution in [0.25, 0.3) is 16.6 Å². The van der Waals surface area contributed by atoms with Crippen LogP contribution in [0.1, 0.15) is 45.1 Å². The van der Waals surface area contributed by atoms with Crippen molar-refractivity contribution in [2.45, 2.75) is 40.7 Å². The van der Waals surface area contributed by atoms with Gasteiger partial charge < -0.3 is 4.90 Å². The fourth-order valence-corrected chi connectivity index (χ4v) is 3.54. The number of hydrogen-bond acceptors (Lipinski definition) is 3. The van der Waals surface area contributed by atoms with E-state index in [4.69, 9.17) is 4.98 Å². The van der Waals surface area contributed by atoms with Crippen molar-refractivity contribution in [3.05, 3.63) is 70.3 Å². The molecule has 0 fully saturated rings. The molecular formula is C23H27N3O2. The number of para-hydroxylation sites is 1. The minimum absolute atomic E-state index is 0.0493. The number of amides is 1. The third-order valence-electron chi connectivity index (χ3n) is 5.02. The molecule has 3 aromatic rings. The lowest BCUT2D eigenvalue weighted by molar-refractivity contribution is -0.136. The van der Waals surface area contributed by atoms with Crippen LogP contribution >= 0.6 is 0 Å². The van der Waals surface area contributed by atoms with Crippen LogP contribution in [0.4, 0.5) is 0 Å². The van der Waals surface area contributed by atoms with Crippen molar-refractivity contribution in [3.8, 4) is 5.69 Å². The Morgan fingerprint density at radius 3 is 2.46 bits per heavy atom. The fraction of sp³-hybridized carbons (Fsp3) is 0.348. The smallest absolute Gasteiger partial charge is 0.266 e. The van der Waals surface area contributed by atoms with Gasteiger partial charge in [-0.1, -0.05) is 38.1 Å². The topological polar surface area (TPSA) is 55.2 Å². The number of carbonyl (C=O) groups excluding carboxylic acids is 1. The summed E-state index contributed by atoms with van der Waals surface area (Å²) in [6.07, 6.45) is 0. The Morgan fingerprint density at radius 1 is 1.11 bits per heavy atom. The van der Waals surface area contributed by atoms with Gasteiger partial charge in [0, 0.05) is 12.5 Å². The van der Waals surface area contributed by atoms with Crippen molar-refractivity contribution in [3.63, 3.8) is 0 Å². The van der Waals surface area contributed by atoms with E-state index in [1.54, 1.807) is 15.5 Å². The fourth-order valence-electron chi connectivity index (χ4n) is 3.54. The van der Waals surface area contributed by atoms with Gasteiger partial charge in [0.05, 0.1) is 22.6 Å². The van der Waals surface area contributed by atoms with E-state index in [1.165, 1.54) is 0 Å². The zero-order chi connectivity index (χ0) is 20.4. The number of carbonyl (C=O) groups is 1. The predicted octanol–water partition coefficient (Wildman–Crippen LogP) is 4.26. The van der Waals surface area contributed by atoms with Crippen LogP contribution in [0, 0.1) is 12.8 Å². The van der Waals surface area contributed by atoms with Crippen LogP contribution in [-0.4, -0.2) is 26.9 Å². The second kappa shape index (κ2) is 7.97. The van der Waals surface area contributed by atoms with Crippen LogP contribution < -0.4 is 5.56 Å². The van der Waals surface area contributed by atoms with Crippen molar-refractivity contribution in [1.29, 1.82) is 0 Å². The highest BCUT2D eigenvalue weighted by atomic mass is 16.2. The first-order valence-electron chi connectivity index (χ1n) is 9.74. The van der Waals surface area contributed by atoms with Crippen molar-refractivity contribution in [1.82, 2.24) is 14.5 Å². The molecule has 1 heterocycles. The van der Waals surface area contributed by atoms with Gasteiger partial charge in [-0.05, 0) is 50.6 Å². The second-order valence-electron chi connectivity index (χ2n) is 7.42. The second-order valence-corrected chi connectivity index (χ2v) is 7.42. The van der Waals surface area contributed by atoms with Gasteiger partial charge in [0.2, 0.25) is 5.91 Å². The molecule has 0 saturated carbocycles. The van der Waals surface area contributed by atoms with E-state index in [2.05, 4.69) is 0 Å². The summed E-state index contributed by atoms with van der Waals surface area (Å²) in [5.74, 6) is 0.500. The SMILES string of the molecule is CCN(C(=O)C(C)C)C(C)c1nc2ccccc2c(=O)n1-c1cccc(C)c1. The van der Waals surface area contributed by atoms with Gasteiger partial charge in [0.15, 0.2) is 0 Å². The molecule has 0 aliphatic rings. The molecule has 1 amide bonds.